The van der Waals surface area contributed by atoms with E-state index in [0.29, 0.717) is 32.4 Å². The number of hydrogen-bond acceptors (Lipinski definition) is 7. The molecule has 0 spiro atoms. The lowest BCUT2D eigenvalue weighted by Crippen LogP contribution is -2.29. The van der Waals surface area contributed by atoms with Gasteiger partial charge in [0.2, 0.25) is 10.9 Å². The Balaban J connectivity index is 1.86. The lowest BCUT2D eigenvalue weighted by molar-refractivity contribution is 0.0970. The largest absolute Gasteiger partial charge is 0.496 e. The summed E-state index contributed by atoms with van der Waals surface area (Å²) in [6, 6.07) is 11.9. The number of aromatic nitrogens is 2. The van der Waals surface area contributed by atoms with Crippen LogP contribution in [0.5, 0.6) is 5.75 Å². The Bertz CT molecular complexity index is 1370. The molecule has 0 aliphatic carbocycles. The molecule has 150 valence electrons. The number of carbonyl (C=O) groups excluding carboxylic acids is 1. The molecule has 4 aromatic rings. The minimum absolute atomic E-state index is 0.0279. The molecule has 0 unspecified atom stereocenters. The van der Waals surface area contributed by atoms with Crippen LogP contribution in [-0.4, -0.2) is 23.2 Å². The molecule has 7 nitrogen and oxygen atoms in total. The average molecular weight is 419 g/mol. The van der Waals surface area contributed by atoms with Gasteiger partial charge < -0.3 is 9.15 Å². The van der Waals surface area contributed by atoms with Crippen molar-refractivity contribution < 1.29 is 13.9 Å². The number of ether oxygens (including phenoxy) is 1. The smallest absolute Gasteiger partial charge is 0.297 e. The number of rotatable bonds is 3. The van der Waals surface area contributed by atoms with Crippen molar-refractivity contribution in [2.75, 3.05) is 12.0 Å². The van der Waals surface area contributed by atoms with Crippen LogP contribution >= 0.6 is 11.3 Å². The van der Waals surface area contributed by atoms with E-state index in [1.165, 1.54) is 16.2 Å². The van der Waals surface area contributed by atoms with Crippen LogP contribution in [0.15, 0.2) is 51.7 Å². The monoisotopic (exact) mass is 419 g/mol. The topological polar surface area (TPSA) is 85.5 Å². The number of anilines is 1. The van der Waals surface area contributed by atoms with Gasteiger partial charge in [-0.05, 0) is 32.0 Å². The van der Waals surface area contributed by atoms with Crippen LogP contribution in [0.3, 0.4) is 0 Å². The van der Waals surface area contributed by atoms with Crippen molar-refractivity contribution in [3.63, 3.8) is 0 Å². The van der Waals surface area contributed by atoms with Gasteiger partial charge in [-0.15, -0.1) is 10.2 Å². The van der Waals surface area contributed by atoms with E-state index in [0.717, 1.165) is 5.56 Å². The number of methoxy groups -OCH3 is 1. The summed E-state index contributed by atoms with van der Waals surface area (Å²) in [5.41, 5.74) is 2.05. The van der Waals surface area contributed by atoms with Gasteiger partial charge in [-0.2, -0.15) is 0 Å². The zero-order valence-corrected chi connectivity index (χ0v) is 17.3. The molecule has 0 fully saturated rings. The van der Waals surface area contributed by atoms with Gasteiger partial charge in [0.25, 0.3) is 5.91 Å². The number of hydrogen-bond donors (Lipinski definition) is 0. The second-order valence-electron chi connectivity index (χ2n) is 7.10. The van der Waals surface area contributed by atoms with Gasteiger partial charge >= 0.3 is 0 Å². The molecule has 5 rings (SSSR count). The Kier molecular flexibility index (Phi) is 4.18. The molecular weight excluding hydrogens is 402 g/mol. The number of para-hydroxylation sites is 1. The van der Waals surface area contributed by atoms with Gasteiger partial charge in [0.05, 0.1) is 18.1 Å². The zero-order valence-electron chi connectivity index (χ0n) is 16.5. The average Bonchev–Trinajstić information content (AvgIpc) is 3.29. The molecule has 8 heteroatoms. The molecule has 1 aliphatic rings. The van der Waals surface area contributed by atoms with Gasteiger partial charge in [-0.1, -0.05) is 41.2 Å². The molecule has 1 aliphatic heterocycles. The maximum Gasteiger partial charge on any atom is 0.297 e. The van der Waals surface area contributed by atoms with Crippen LogP contribution in [0.2, 0.25) is 0 Å². The highest BCUT2D eigenvalue weighted by Crippen LogP contribution is 2.44. The van der Waals surface area contributed by atoms with Gasteiger partial charge in [-0.25, -0.2) is 0 Å². The quantitative estimate of drug-likeness (QED) is 0.499. The highest BCUT2D eigenvalue weighted by atomic mass is 32.1. The molecule has 0 saturated heterocycles. The first-order chi connectivity index (χ1) is 14.5. The molecule has 0 N–H and O–H groups in total. The fourth-order valence-electron chi connectivity index (χ4n) is 3.85. The third kappa shape index (κ3) is 2.64. The summed E-state index contributed by atoms with van der Waals surface area (Å²) < 4.78 is 11.5. The number of nitrogens with zero attached hydrogens (tertiary/aromatic N) is 3. The summed E-state index contributed by atoms with van der Waals surface area (Å²) in [6.45, 7) is 3.72. The fraction of sp³-hybridized carbons (Fsp3) is 0.182. The Morgan fingerprint density at radius 2 is 1.90 bits per heavy atom. The van der Waals surface area contributed by atoms with Crippen molar-refractivity contribution in [1.82, 2.24) is 10.2 Å². The maximum absolute atomic E-state index is 13.6. The first-order valence-electron chi connectivity index (χ1n) is 9.33. The third-order valence-electron chi connectivity index (χ3n) is 5.18. The second-order valence-corrected chi connectivity index (χ2v) is 8.26. The summed E-state index contributed by atoms with van der Waals surface area (Å²) in [6.07, 6.45) is 0. The minimum Gasteiger partial charge on any atom is -0.496 e. The lowest BCUT2D eigenvalue weighted by Gasteiger charge is -2.23. The number of carbonyl (C=O) groups is 1. The van der Waals surface area contributed by atoms with Crippen molar-refractivity contribution in [2.45, 2.75) is 19.9 Å². The van der Waals surface area contributed by atoms with Gasteiger partial charge in [0.15, 0.2) is 5.43 Å². The summed E-state index contributed by atoms with van der Waals surface area (Å²) in [5.74, 6) is 0.176. The molecule has 0 bridgehead atoms. The predicted molar refractivity (Wildman–Crippen MR) is 114 cm³/mol. The first-order valence-corrected chi connectivity index (χ1v) is 10.1. The van der Waals surface area contributed by atoms with Crippen molar-refractivity contribution >= 4 is 33.3 Å². The summed E-state index contributed by atoms with van der Waals surface area (Å²) >= 11 is 1.28. The molecular formula is C22H17N3O4S. The van der Waals surface area contributed by atoms with Crippen LogP contribution in [-0.2, 0) is 0 Å². The van der Waals surface area contributed by atoms with Gasteiger partial charge in [0.1, 0.15) is 22.4 Å². The number of amides is 1. The fourth-order valence-corrected chi connectivity index (χ4v) is 4.57. The highest BCUT2D eigenvalue weighted by molar-refractivity contribution is 7.15. The van der Waals surface area contributed by atoms with Crippen LogP contribution in [0.1, 0.15) is 38.3 Å². The van der Waals surface area contributed by atoms with E-state index in [9.17, 15) is 9.59 Å². The maximum atomic E-state index is 13.6. The molecule has 1 amide bonds. The van der Waals surface area contributed by atoms with E-state index >= 15 is 0 Å². The first kappa shape index (κ1) is 18.5. The Labute approximate surface area is 175 Å². The summed E-state index contributed by atoms with van der Waals surface area (Å²) in [5, 5.41) is 9.78. The highest BCUT2D eigenvalue weighted by Gasteiger charge is 2.46. The van der Waals surface area contributed by atoms with E-state index in [-0.39, 0.29) is 16.8 Å². The SMILES string of the molecule is COc1ccccc1[C@H]1c2c(oc3ccc(C)cc3c2=O)C(=O)N1c1nnc(C)s1. The van der Waals surface area contributed by atoms with E-state index < -0.39 is 11.9 Å². The lowest BCUT2D eigenvalue weighted by atomic mass is 9.97. The van der Waals surface area contributed by atoms with E-state index in [1.54, 1.807) is 25.3 Å². The van der Waals surface area contributed by atoms with Gasteiger partial charge in [-0.3, -0.25) is 14.5 Å². The summed E-state index contributed by atoms with van der Waals surface area (Å²) in [7, 11) is 1.56. The minimum atomic E-state index is -0.725. The van der Waals surface area contributed by atoms with Crippen LogP contribution in [0.25, 0.3) is 11.0 Å². The molecule has 3 heterocycles. The Morgan fingerprint density at radius 1 is 1.10 bits per heavy atom. The number of aryl methyl sites for hydroxylation is 2. The van der Waals surface area contributed by atoms with Crippen molar-refractivity contribution in [3.05, 3.63) is 80.1 Å². The Morgan fingerprint density at radius 3 is 2.63 bits per heavy atom. The van der Waals surface area contributed by atoms with Crippen molar-refractivity contribution in [3.8, 4) is 5.75 Å². The second kappa shape index (κ2) is 6.77. The van der Waals surface area contributed by atoms with Gasteiger partial charge in [0, 0.05) is 5.56 Å². The van der Waals surface area contributed by atoms with E-state index in [4.69, 9.17) is 9.15 Å². The molecule has 30 heavy (non-hydrogen) atoms. The third-order valence-corrected chi connectivity index (χ3v) is 6.02. The molecule has 0 saturated carbocycles. The zero-order chi connectivity index (χ0) is 21.0. The van der Waals surface area contributed by atoms with Crippen LogP contribution < -0.4 is 15.1 Å². The Hall–Kier alpha value is -3.52. The van der Waals surface area contributed by atoms with Crippen molar-refractivity contribution in [2.24, 2.45) is 0 Å². The van der Waals surface area contributed by atoms with E-state index in [2.05, 4.69) is 10.2 Å². The molecule has 1 atom stereocenters. The molecule has 2 aromatic carbocycles. The van der Waals surface area contributed by atoms with Crippen LogP contribution in [0, 0.1) is 13.8 Å². The predicted octanol–water partition coefficient (Wildman–Crippen LogP) is 4.02. The number of fused-ring (bicyclic) bond motifs is 2. The van der Waals surface area contributed by atoms with E-state index in [1.807, 2.05) is 38.1 Å². The standard InChI is InChI=1S/C22H17N3O4S/c1-11-8-9-16-14(10-11)19(26)17-18(13-6-4-5-7-15(13)28-3)25(21(27)20(17)29-16)22-24-23-12(2)30-22/h4-10,18H,1-3H3/t18-/m0/s1. The van der Waals surface area contributed by atoms with Crippen LogP contribution in [0.4, 0.5) is 5.13 Å². The summed E-state index contributed by atoms with van der Waals surface area (Å²) in [4.78, 5) is 28.5. The molecule has 0 radical (unpaired) electrons. The normalized spacial score (nSPS) is 15.6. The van der Waals surface area contributed by atoms with Crippen molar-refractivity contribution in [1.29, 1.82) is 0 Å². The number of benzene rings is 2. The molecule has 2 aromatic heterocycles.